The maximum Gasteiger partial charge on any atom is 0.409 e. The van der Waals surface area contributed by atoms with Gasteiger partial charge < -0.3 is 19.4 Å². The molecule has 3 rings (SSSR count). The van der Waals surface area contributed by atoms with E-state index < -0.39 is 0 Å². The number of likely N-dealkylation sites (tertiary alicyclic amines) is 1. The van der Waals surface area contributed by atoms with Crippen LogP contribution in [0.25, 0.3) is 0 Å². The average molecular weight is 360 g/mol. The average Bonchev–Trinajstić information content (AvgIpc) is 2.68. The Bertz CT molecular complexity index is 626. The molecule has 0 aliphatic carbocycles. The van der Waals surface area contributed by atoms with Crippen LogP contribution in [0.5, 0.6) is 0 Å². The van der Waals surface area contributed by atoms with Crippen LogP contribution in [-0.4, -0.2) is 72.7 Å². The summed E-state index contributed by atoms with van der Waals surface area (Å²) in [6.45, 7) is 8.76. The molecule has 2 amide bonds. The van der Waals surface area contributed by atoms with E-state index in [-0.39, 0.29) is 12.0 Å². The van der Waals surface area contributed by atoms with Gasteiger partial charge in [-0.3, -0.25) is 4.79 Å². The predicted octanol–water partition coefficient (Wildman–Crippen LogP) is 2.23. The molecule has 0 saturated carbocycles. The SMILES string of the molecule is CCOC(=O)N1CCN(c2ccc(C(=O)N3CCCC(C)C3)nc2)CC1. The Hall–Kier alpha value is -2.31. The zero-order valence-corrected chi connectivity index (χ0v) is 15.7. The number of amides is 2. The third kappa shape index (κ3) is 4.26. The molecule has 1 aromatic heterocycles. The second-order valence-electron chi connectivity index (χ2n) is 7.07. The van der Waals surface area contributed by atoms with Crippen molar-refractivity contribution in [3.8, 4) is 0 Å². The van der Waals surface area contributed by atoms with Crippen LogP contribution in [0, 0.1) is 5.92 Å². The summed E-state index contributed by atoms with van der Waals surface area (Å²) in [5.41, 5.74) is 1.49. The Labute approximate surface area is 154 Å². The van der Waals surface area contributed by atoms with Crippen molar-refractivity contribution >= 4 is 17.7 Å². The first kappa shape index (κ1) is 18.5. The van der Waals surface area contributed by atoms with Gasteiger partial charge in [-0.15, -0.1) is 0 Å². The lowest BCUT2D eigenvalue weighted by atomic mass is 10.00. The summed E-state index contributed by atoms with van der Waals surface area (Å²) in [6.07, 6.45) is 3.77. The predicted molar refractivity (Wildman–Crippen MR) is 99.3 cm³/mol. The molecule has 0 radical (unpaired) electrons. The van der Waals surface area contributed by atoms with E-state index in [1.54, 1.807) is 11.1 Å². The first-order valence-corrected chi connectivity index (χ1v) is 9.50. The van der Waals surface area contributed by atoms with Gasteiger partial charge >= 0.3 is 6.09 Å². The van der Waals surface area contributed by atoms with Crippen LogP contribution >= 0.6 is 0 Å². The first-order chi connectivity index (χ1) is 12.6. The number of anilines is 1. The van der Waals surface area contributed by atoms with Crippen molar-refractivity contribution in [3.05, 3.63) is 24.0 Å². The normalized spacial score (nSPS) is 20.8. The molecular weight excluding hydrogens is 332 g/mol. The number of piperazine rings is 1. The zero-order chi connectivity index (χ0) is 18.5. The highest BCUT2D eigenvalue weighted by Gasteiger charge is 2.24. The number of hydrogen-bond acceptors (Lipinski definition) is 5. The van der Waals surface area contributed by atoms with Crippen molar-refractivity contribution in [2.45, 2.75) is 26.7 Å². The maximum atomic E-state index is 12.6. The van der Waals surface area contributed by atoms with Crippen LogP contribution in [0.1, 0.15) is 37.2 Å². The second kappa shape index (κ2) is 8.38. The third-order valence-electron chi connectivity index (χ3n) is 5.08. The molecule has 2 fully saturated rings. The quantitative estimate of drug-likeness (QED) is 0.827. The maximum absolute atomic E-state index is 12.6. The fraction of sp³-hybridized carbons (Fsp3) is 0.632. The molecule has 2 saturated heterocycles. The number of carbonyl (C=O) groups excluding carboxylic acids is 2. The van der Waals surface area contributed by atoms with Crippen LogP contribution in [-0.2, 0) is 4.74 Å². The molecule has 26 heavy (non-hydrogen) atoms. The molecule has 1 aromatic rings. The highest BCUT2D eigenvalue weighted by Crippen LogP contribution is 2.19. The van der Waals surface area contributed by atoms with Gasteiger partial charge in [-0.1, -0.05) is 6.92 Å². The van der Waals surface area contributed by atoms with Crippen LogP contribution < -0.4 is 4.90 Å². The molecule has 2 aliphatic heterocycles. The van der Waals surface area contributed by atoms with Crippen molar-refractivity contribution in [3.63, 3.8) is 0 Å². The van der Waals surface area contributed by atoms with Gasteiger partial charge in [-0.2, -0.15) is 0 Å². The standard InChI is InChI=1S/C19H28N4O3/c1-3-26-19(25)22-11-9-21(10-12-22)16-6-7-17(20-13-16)18(24)23-8-4-5-15(2)14-23/h6-7,13,15H,3-5,8-12,14H2,1-2H3. The molecule has 0 N–H and O–H groups in total. The molecule has 7 heteroatoms. The van der Waals surface area contributed by atoms with Gasteiger partial charge in [-0.05, 0) is 37.8 Å². The van der Waals surface area contributed by atoms with Crippen LogP contribution in [0.15, 0.2) is 18.3 Å². The van der Waals surface area contributed by atoms with E-state index in [4.69, 9.17) is 4.74 Å². The summed E-state index contributed by atoms with van der Waals surface area (Å²) in [7, 11) is 0. The summed E-state index contributed by atoms with van der Waals surface area (Å²) in [5.74, 6) is 0.581. The molecule has 142 valence electrons. The molecule has 0 aromatic carbocycles. The highest BCUT2D eigenvalue weighted by molar-refractivity contribution is 5.92. The Morgan fingerprint density at radius 3 is 2.54 bits per heavy atom. The van der Waals surface area contributed by atoms with Crippen LogP contribution in [0.4, 0.5) is 10.5 Å². The fourth-order valence-corrected chi connectivity index (χ4v) is 3.60. The Balaban J connectivity index is 1.56. The minimum Gasteiger partial charge on any atom is -0.450 e. The van der Waals surface area contributed by atoms with Crippen molar-refractivity contribution in [2.24, 2.45) is 5.92 Å². The number of nitrogens with zero attached hydrogens (tertiary/aromatic N) is 4. The number of rotatable bonds is 3. The summed E-state index contributed by atoms with van der Waals surface area (Å²) in [5, 5.41) is 0. The van der Waals surface area contributed by atoms with Gasteiger partial charge in [-0.25, -0.2) is 9.78 Å². The van der Waals surface area contributed by atoms with Crippen LogP contribution in [0.2, 0.25) is 0 Å². The lowest BCUT2D eigenvalue weighted by Crippen LogP contribution is -2.49. The van der Waals surface area contributed by atoms with E-state index >= 15 is 0 Å². The van der Waals surface area contributed by atoms with Gasteiger partial charge in [0, 0.05) is 39.3 Å². The minimum absolute atomic E-state index is 0.0234. The smallest absolute Gasteiger partial charge is 0.409 e. The van der Waals surface area contributed by atoms with Crippen LogP contribution in [0.3, 0.4) is 0 Å². The van der Waals surface area contributed by atoms with Gasteiger partial charge in [0.25, 0.3) is 5.91 Å². The minimum atomic E-state index is -0.248. The van der Waals surface area contributed by atoms with Gasteiger partial charge in [0.05, 0.1) is 18.5 Å². The monoisotopic (exact) mass is 360 g/mol. The van der Waals surface area contributed by atoms with Crippen molar-refractivity contribution in [2.75, 3.05) is 50.8 Å². The summed E-state index contributed by atoms with van der Waals surface area (Å²) in [6, 6.07) is 3.77. The Kier molecular flexibility index (Phi) is 5.96. The number of ether oxygens (including phenoxy) is 1. The Morgan fingerprint density at radius 1 is 1.15 bits per heavy atom. The summed E-state index contributed by atoms with van der Waals surface area (Å²) < 4.78 is 5.04. The molecule has 1 atom stereocenters. The molecule has 0 bridgehead atoms. The van der Waals surface area contributed by atoms with E-state index in [2.05, 4.69) is 16.8 Å². The number of pyridine rings is 1. The topological polar surface area (TPSA) is 66.0 Å². The van der Waals surface area contributed by atoms with Crippen molar-refractivity contribution in [1.29, 1.82) is 0 Å². The first-order valence-electron chi connectivity index (χ1n) is 9.50. The van der Waals surface area contributed by atoms with E-state index in [0.717, 1.165) is 38.3 Å². The molecule has 0 spiro atoms. The molecular formula is C19H28N4O3. The fourth-order valence-electron chi connectivity index (χ4n) is 3.60. The van der Waals surface area contributed by atoms with E-state index in [1.165, 1.54) is 6.42 Å². The summed E-state index contributed by atoms with van der Waals surface area (Å²) in [4.78, 5) is 34.6. The molecule has 7 nitrogen and oxygen atoms in total. The van der Waals surface area contributed by atoms with Crippen molar-refractivity contribution < 1.29 is 14.3 Å². The Morgan fingerprint density at radius 2 is 1.92 bits per heavy atom. The number of piperidine rings is 1. The van der Waals surface area contributed by atoms with E-state index in [9.17, 15) is 9.59 Å². The molecule has 1 unspecified atom stereocenters. The number of hydrogen-bond donors (Lipinski definition) is 0. The van der Waals surface area contributed by atoms with E-state index in [1.807, 2.05) is 24.0 Å². The number of aromatic nitrogens is 1. The lowest BCUT2D eigenvalue weighted by molar-refractivity contribution is 0.0677. The van der Waals surface area contributed by atoms with Gasteiger partial charge in [0.15, 0.2) is 0 Å². The molecule has 2 aliphatic rings. The van der Waals surface area contributed by atoms with E-state index in [0.29, 0.717) is 31.3 Å². The zero-order valence-electron chi connectivity index (χ0n) is 15.7. The second-order valence-corrected chi connectivity index (χ2v) is 7.07. The number of carbonyl (C=O) groups is 2. The third-order valence-corrected chi connectivity index (χ3v) is 5.08. The lowest BCUT2D eigenvalue weighted by Gasteiger charge is -2.35. The van der Waals surface area contributed by atoms with Crippen molar-refractivity contribution in [1.82, 2.24) is 14.8 Å². The molecule has 3 heterocycles. The van der Waals surface area contributed by atoms with Gasteiger partial charge in [0.2, 0.25) is 0 Å². The van der Waals surface area contributed by atoms with Gasteiger partial charge in [0.1, 0.15) is 5.69 Å². The largest absolute Gasteiger partial charge is 0.450 e. The summed E-state index contributed by atoms with van der Waals surface area (Å²) >= 11 is 0. The highest BCUT2D eigenvalue weighted by atomic mass is 16.6.